The van der Waals surface area contributed by atoms with Gasteiger partial charge in [-0.25, -0.2) is 8.79 Å². The van der Waals surface area contributed by atoms with Crippen LogP contribution in [0.3, 0.4) is 0 Å². The first-order valence-corrected chi connectivity index (χ1v) is 3.69. The molecule has 0 aliphatic carbocycles. The van der Waals surface area contributed by atoms with Gasteiger partial charge in [-0.1, -0.05) is 0 Å². The van der Waals surface area contributed by atoms with Crippen molar-refractivity contribution in [1.82, 2.24) is 0 Å². The largest absolute Gasteiger partial charge is 0.494 e. The first-order valence-electron chi connectivity index (χ1n) is 3.29. The van der Waals surface area contributed by atoms with Gasteiger partial charge in [-0.05, 0) is 36.6 Å². The summed E-state index contributed by atoms with van der Waals surface area (Å²) >= 11 is 3.63. The van der Waals surface area contributed by atoms with Gasteiger partial charge in [0.25, 0.3) is 0 Å². The average molecular weight is 185 g/mol. The average Bonchev–Trinajstić information content (AvgIpc) is 2.05. The van der Waals surface area contributed by atoms with Crippen molar-refractivity contribution >= 4 is 19.0 Å². The number of rotatable bonds is 2. The van der Waals surface area contributed by atoms with Crippen LogP contribution in [0.15, 0.2) is 22.6 Å². The SMILES string of the molecule is COc1ccc(C=NS)cc1F. The highest BCUT2D eigenvalue weighted by molar-refractivity contribution is 7.78. The smallest absolute Gasteiger partial charge is 0.165 e. The van der Waals surface area contributed by atoms with E-state index < -0.39 is 5.82 Å². The molecule has 0 spiro atoms. The predicted molar refractivity (Wildman–Crippen MR) is 49.5 cm³/mol. The third kappa shape index (κ3) is 1.98. The second kappa shape index (κ2) is 4.11. The van der Waals surface area contributed by atoms with E-state index in [0.717, 1.165) is 0 Å². The van der Waals surface area contributed by atoms with Crippen LogP contribution in [0, 0.1) is 5.82 Å². The molecule has 0 aromatic heterocycles. The van der Waals surface area contributed by atoms with E-state index in [9.17, 15) is 4.39 Å². The summed E-state index contributed by atoms with van der Waals surface area (Å²) in [6.07, 6.45) is 1.45. The zero-order valence-electron chi connectivity index (χ0n) is 6.49. The molecule has 0 radical (unpaired) electrons. The van der Waals surface area contributed by atoms with Crippen molar-refractivity contribution in [2.24, 2.45) is 4.40 Å². The maximum atomic E-state index is 13.0. The highest BCUT2D eigenvalue weighted by Gasteiger charge is 2.00. The van der Waals surface area contributed by atoms with E-state index in [1.54, 1.807) is 12.1 Å². The van der Waals surface area contributed by atoms with E-state index >= 15 is 0 Å². The van der Waals surface area contributed by atoms with Gasteiger partial charge in [0, 0.05) is 6.21 Å². The Morgan fingerprint density at radius 1 is 1.58 bits per heavy atom. The lowest BCUT2D eigenvalue weighted by molar-refractivity contribution is 0.386. The summed E-state index contributed by atoms with van der Waals surface area (Å²) in [4.78, 5) is 0. The van der Waals surface area contributed by atoms with Crippen molar-refractivity contribution in [3.05, 3.63) is 29.6 Å². The number of hydrogen-bond acceptors (Lipinski definition) is 3. The lowest BCUT2D eigenvalue weighted by Gasteiger charge is -2.00. The Morgan fingerprint density at radius 3 is 2.83 bits per heavy atom. The molecule has 64 valence electrons. The normalized spacial score (nSPS) is 10.6. The number of hydrogen-bond donors (Lipinski definition) is 1. The van der Waals surface area contributed by atoms with E-state index in [2.05, 4.69) is 17.2 Å². The minimum atomic E-state index is -0.400. The summed E-state index contributed by atoms with van der Waals surface area (Å²) in [5.41, 5.74) is 0.656. The molecule has 0 heterocycles. The fourth-order valence-electron chi connectivity index (χ4n) is 0.830. The second-order valence-corrected chi connectivity index (χ2v) is 2.37. The minimum absolute atomic E-state index is 0.228. The molecule has 1 rings (SSSR count). The monoisotopic (exact) mass is 185 g/mol. The fraction of sp³-hybridized carbons (Fsp3) is 0.125. The summed E-state index contributed by atoms with van der Waals surface area (Å²) in [7, 11) is 1.42. The molecule has 0 bridgehead atoms. The summed E-state index contributed by atoms with van der Waals surface area (Å²) in [6.45, 7) is 0. The molecule has 2 nitrogen and oxygen atoms in total. The number of benzene rings is 1. The molecule has 1 aromatic rings. The van der Waals surface area contributed by atoms with E-state index in [1.807, 2.05) is 0 Å². The Hall–Kier alpha value is -1.03. The molecular formula is C8H8FNOS. The van der Waals surface area contributed by atoms with Crippen LogP contribution in [0.5, 0.6) is 5.75 Å². The maximum absolute atomic E-state index is 13.0. The number of halogens is 1. The Kier molecular flexibility index (Phi) is 3.10. The fourth-order valence-corrected chi connectivity index (χ4v) is 0.963. The van der Waals surface area contributed by atoms with Crippen LogP contribution in [-0.2, 0) is 0 Å². The Morgan fingerprint density at radius 2 is 2.33 bits per heavy atom. The first-order chi connectivity index (χ1) is 5.77. The van der Waals surface area contributed by atoms with Crippen LogP contribution in [0.1, 0.15) is 5.56 Å². The van der Waals surface area contributed by atoms with Crippen LogP contribution < -0.4 is 4.74 Å². The molecule has 1 aromatic carbocycles. The molecule has 12 heavy (non-hydrogen) atoms. The second-order valence-electron chi connectivity index (χ2n) is 2.14. The lowest BCUT2D eigenvalue weighted by Crippen LogP contribution is -1.89. The van der Waals surface area contributed by atoms with Gasteiger partial charge in [-0.15, -0.1) is 0 Å². The first kappa shape index (κ1) is 9.06. The molecule has 0 saturated heterocycles. The van der Waals surface area contributed by atoms with Crippen molar-refractivity contribution in [3.8, 4) is 5.75 Å². The Bertz CT molecular complexity index is 301. The molecule has 0 aliphatic heterocycles. The zero-order valence-corrected chi connectivity index (χ0v) is 7.38. The van der Waals surface area contributed by atoms with Crippen molar-refractivity contribution in [1.29, 1.82) is 0 Å². The quantitative estimate of drug-likeness (QED) is 0.553. The van der Waals surface area contributed by atoms with Gasteiger partial charge in [-0.3, -0.25) is 0 Å². The maximum Gasteiger partial charge on any atom is 0.165 e. The highest BCUT2D eigenvalue weighted by atomic mass is 32.1. The van der Waals surface area contributed by atoms with Gasteiger partial charge in [0.15, 0.2) is 11.6 Å². The standard InChI is InChI=1S/C8H8FNOS/c1-11-8-3-2-6(5-10-12)4-7(8)9/h2-5,12H,1H3. The minimum Gasteiger partial charge on any atom is -0.494 e. The summed E-state index contributed by atoms with van der Waals surface area (Å²) in [5.74, 6) is -0.172. The van der Waals surface area contributed by atoms with Gasteiger partial charge in [-0.2, -0.15) is 0 Å². The molecular weight excluding hydrogens is 177 g/mol. The molecule has 0 atom stereocenters. The van der Waals surface area contributed by atoms with Crippen molar-refractivity contribution in [2.45, 2.75) is 0 Å². The molecule has 0 saturated carbocycles. The Labute approximate surface area is 75.6 Å². The van der Waals surface area contributed by atoms with Crippen molar-refractivity contribution in [2.75, 3.05) is 7.11 Å². The zero-order chi connectivity index (χ0) is 8.97. The van der Waals surface area contributed by atoms with E-state index in [4.69, 9.17) is 4.74 Å². The molecule has 0 fully saturated rings. The van der Waals surface area contributed by atoms with Crippen LogP contribution >= 0.6 is 12.8 Å². The van der Waals surface area contributed by atoms with Gasteiger partial charge >= 0.3 is 0 Å². The molecule has 0 amide bonds. The molecule has 0 unspecified atom stereocenters. The van der Waals surface area contributed by atoms with E-state index in [-0.39, 0.29) is 5.75 Å². The number of nitrogens with zero attached hydrogens (tertiary/aromatic N) is 1. The number of methoxy groups -OCH3 is 1. The summed E-state index contributed by atoms with van der Waals surface area (Å²) in [6, 6.07) is 4.57. The topological polar surface area (TPSA) is 21.6 Å². The summed E-state index contributed by atoms with van der Waals surface area (Å²) in [5, 5.41) is 0. The van der Waals surface area contributed by atoms with E-state index in [1.165, 1.54) is 19.4 Å². The number of thiol groups is 1. The molecule has 4 heteroatoms. The van der Waals surface area contributed by atoms with Crippen molar-refractivity contribution in [3.63, 3.8) is 0 Å². The third-order valence-corrected chi connectivity index (χ3v) is 1.50. The van der Waals surface area contributed by atoms with Crippen LogP contribution in [-0.4, -0.2) is 13.3 Å². The Balaban J connectivity index is 3.01. The molecule has 0 N–H and O–H groups in total. The third-order valence-electron chi connectivity index (χ3n) is 1.38. The summed E-state index contributed by atoms with van der Waals surface area (Å²) < 4.78 is 21.2. The van der Waals surface area contributed by atoms with Crippen LogP contribution in [0.25, 0.3) is 0 Å². The van der Waals surface area contributed by atoms with Crippen LogP contribution in [0.4, 0.5) is 4.39 Å². The van der Waals surface area contributed by atoms with Crippen LogP contribution in [0.2, 0.25) is 0 Å². The predicted octanol–water partition coefficient (Wildman–Crippen LogP) is 2.10. The number of ether oxygens (including phenoxy) is 1. The van der Waals surface area contributed by atoms with Gasteiger partial charge < -0.3 is 4.74 Å². The lowest BCUT2D eigenvalue weighted by atomic mass is 10.2. The van der Waals surface area contributed by atoms with E-state index in [0.29, 0.717) is 5.56 Å². The van der Waals surface area contributed by atoms with Gasteiger partial charge in [0.2, 0.25) is 0 Å². The van der Waals surface area contributed by atoms with Gasteiger partial charge in [0.1, 0.15) is 0 Å². The van der Waals surface area contributed by atoms with Gasteiger partial charge in [0.05, 0.1) is 7.11 Å². The highest BCUT2D eigenvalue weighted by Crippen LogP contribution is 2.16. The van der Waals surface area contributed by atoms with Crippen molar-refractivity contribution < 1.29 is 9.13 Å². The molecule has 0 aliphatic rings.